The first-order chi connectivity index (χ1) is 17.2. The van der Waals surface area contributed by atoms with Gasteiger partial charge in [0.15, 0.2) is 0 Å². The number of aryl methyl sites for hydroxylation is 1. The van der Waals surface area contributed by atoms with Crippen molar-refractivity contribution in [2.75, 3.05) is 30.0 Å². The van der Waals surface area contributed by atoms with Gasteiger partial charge in [-0.05, 0) is 54.4 Å². The molecule has 3 aromatic rings. The first-order valence-corrected chi connectivity index (χ1v) is 12.2. The maximum atomic E-state index is 13.1. The van der Waals surface area contributed by atoms with Crippen LogP contribution in [0.2, 0.25) is 4.34 Å². The lowest BCUT2D eigenvalue weighted by Crippen LogP contribution is -2.42. The van der Waals surface area contributed by atoms with E-state index in [9.17, 15) is 19.2 Å². The molecule has 9 nitrogen and oxygen atoms in total. The molecule has 186 valence electrons. The zero-order chi connectivity index (χ0) is 25.8. The molecule has 1 fully saturated rings. The van der Waals surface area contributed by atoms with Crippen molar-refractivity contribution in [2.24, 2.45) is 5.73 Å². The minimum atomic E-state index is -0.721. The van der Waals surface area contributed by atoms with Crippen LogP contribution in [0.1, 0.15) is 41.5 Å². The molecule has 0 aliphatic carbocycles. The van der Waals surface area contributed by atoms with Gasteiger partial charge in [0.1, 0.15) is 6.61 Å². The number of morpholine rings is 1. The van der Waals surface area contributed by atoms with E-state index in [0.717, 1.165) is 16.9 Å². The highest BCUT2D eigenvalue weighted by Crippen LogP contribution is 2.26. The van der Waals surface area contributed by atoms with Crippen molar-refractivity contribution in [1.29, 1.82) is 0 Å². The fraction of sp³-hybridized carbons (Fsp3) is 0.200. The van der Waals surface area contributed by atoms with Crippen LogP contribution >= 0.6 is 22.9 Å². The molecule has 0 spiro atoms. The Hall–Kier alpha value is -3.73. The number of thiophene rings is 1. The van der Waals surface area contributed by atoms with Gasteiger partial charge in [-0.15, -0.1) is 11.3 Å². The third kappa shape index (κ3) is 5.56. The summed E-state index contributed by atoms with van der Waals surface area (Å²) in [6, 6.07) is 13.0. The molecule has 1 aliphatic heterocycles. The van der Waals surface area contributed by atoms with Gasteiger partial charge in [0.2, 0.25) is 0 Å². The maximum Gasteiger partial charge on any atom is 0.261 e. The Morgan fingerprint density at radius 1 is 1.14 bits per heavy atom. The predicted molar refractivity (Wildman–Crippen MR) is 138 cm³/mol. The Balaban J connectivity index is 1.55. The summed E-state index contributed by atoms with van der Waals surface area (Å²) in [6.45, 7) is 2.75. The third-order valence-corrected chi connectivity index (χ3v) is 6.86. The first kappa shape index (κ1) is 25.4. The highest BCUT2D eigenvalue weighted by atomic mass is 35.5. The van der Waals surface area contributed by atoms with Gasteiger partial charge in [0, 0.05) is 24.3 Å². The molecule has 4 N–H and O–H groups in total. The number of nitrogens with zero attached hydrogens (tertiary/aromatic N) is 1. The van der Waals surface area contributed by atoms with Crippen molar-refractivity contribution >= 4 is 57.9 Å². The van der Waals surface area contributed by atoms with E-state index in [-0.39, 0.29) is 36.2 Å². The van der Waals surface area contributed by atoms with Gasteiger partial charge in [-0.1, -0.05) is 23.7 Å². The molecule has 1 saturated heterocycles. The van der Waals surface area contributed by atoms with Crippen LogP contribution in [0.15, 0.2) is 48.5 Å². The Labute approximate surface area is 216 Å². The standard InChI is InChI=1S/C25H23ClN4O5S/c1-14-11-15(5-6-18(14)30-9-10-35-13-21(30)31)24(33)29-22-16(3-2-4-17(22)23(27)32)12-28-25(34)19-7-8-20(26)36-19/h2-8,11H,9-10,12-13H2,1H3,(H2,27,32)(H,28,34)(H,29,33). The first-order valence-electron chi connectivity index (χ1n) is 11.0. The number of hydrogen-bond acceptors (Lipinski definition) is 6. The summed E-state index contributed by atoms with van der Waals surface area (Å²) in [5.41, 5.74) is 8.15. The summed E-state index contributed by atoms with van der Waals surface area (Å²) in [5.74, 6) is -1.67. The molecule has 36 heavy (non-hydrogen) atoms. The summed E-state index contributed by atoms with van der Waals surface area (Å²) < 4.78 is 5.67. The highest BCUT2D eigenvalue weighted by Gasteiger charge is 2.23. The van der Waals surface area contributed by atoms with E-state index in [0.29, 0.717) is 39.2 Å². The van der Waals surface area contributed by atoms with Crippen LogP contribution in [0.4, 0.5) is 11.4 Å². The van der Waals surface area contributed by atoms with Crippen LogP contribution in [0, 0.1) is 6.92 Å². The fourth-order valence-electron chi connectivity index (χ4n) is 3.86. The number of amides is 4. The van der Waals surface area contributed by atoms with E-state index in [4.69, 9.17) is 22.1 Å². The fourth-order valence-corrected chi connectivity index (χ4v) is 4.82. The normalized spacial score (nSPS) is 13.4. The molecule has 4 rings (SSSR count). The Bertz CT molecular complexity index is 1360. The minimum Gasteiger partial charge on any atom is -0.370 e. The van der Waals surface area contributed by atoms with Crippen LogP contribution in [-0.2, 0) is 16.1 Å². The number of rotatable bonds is 7. The zero-order valence-corrected chi connectivity index (χ0v) is 20.9. The number of carbonyl (C=O) groups is 4. The Morgan fingerprint density at radius 3 is 2.61 bits per heavy atom. The molecule has 0 radical (unpaired) electrons. The van der Waals surface area contributed by atoms with Crippen molar-refractivity contribution in [3.05, 3.63) is 80.0 Å². The quantitative estimate of drug-likeness (QED) is 0.434. The molecular formula is C25H23ClN4O5S. The number of nitrogens with two attached hydrogens (primary N) is 1. The van der Waals surface area contributed by atoms with E-state index >= 15 is 0 Å². The van der Waals surface area contributed by atoms with Crippen LogP contribution < -0.4 is 21.3 Å². The van der Waals surface area contributed by atoms with Crippen LogP contribution in [0.25, 0.3) is 0 Å². The molecule has 0 atom stereocenters. The molecule has 0 unspecified atom stereocenters. The van der Waals surface area contributed by atoms with Crippen molar-refractivity contribution in [1.82, 2.24) is 5.32 Å². The topological polar surface area (TPSA) is 131 Å². The van der Waals surface area contributed by atoms with Crippen molar-refractivity contribution in [2.45, 2.75) is 13.5 Å². The smallest absolute Gasteiger partial charge is 0.261 e. The summed E-state index contributed by atoms with van der Waals surface area (Å²) >= 11 is 7.05. The van der Waals surface area contributed by atoms with Crippen molar-refractivity contribution in [3.8, 4) is 0 Å². The number of carbonyl (C=O) groups excluding carboxylic acids is 4. The van der Waals surface area contributed by atoms with Crippen LogP contribution in [0.3, 0.4) is 0 Å². The van der Waals surface area contributed by atoms with Gasteiger partial charge < -0.3 is 26.0 Å². The van der Waals surface area contributed by atoms with Gasteiger partial charge in [-0.3, -0.25) is 19.2 Å². The zero-order valence-electron chi connectivity index (χ0n) is 19.3. The highest BCUT2D eigenvalue weighted by molar-refractivity contribution is 7.18. The van der Waals surface area contributed by atoms with Crippen LogP contribution in [0.5, 0.6) is 0 Å². The number of ether oxygens (including phenoxy) is 1. The summed E-state index contributed by atoms with van der Waals surface area (Å²) in [5, 5.41) is 5.54. The lowest BCUT2D eigenvalue weighted by atomic mass is 10.0. The van der Waals surface area contributed by atoms with Gasteiger partial charge in [0.25, 0.3) is 23.6 Å². The average Bonchev–Trinajstić information content (AvgIpc) is 3.29. The second-order valence-corrected chi connectivity index (χ2v) is 9.76. The molecule has 4 amide bonds. The number of primary amides is 1. The average molecular weight is 527 g/mol. The summed E-state index contributed by atoms with van der Waals surface area (Å²) in [7, 11) is 0. The van der Waals surface area contributed by atoms with Gasteiger partial charge in [0.05, 0.1) is 27.1 Å². The summed E-state index contributed by atoms with van der Waals surface area (Å²) in [6.07, 6.45) is 0. The van der Waals surface area contributed by atoms with Gasteiger partial charge in [-0.25, -0.2) is 0 Å². The molecule has 2 heterocycles. The number of halogens is 1. The van der Waals surface area contributed by atoms with E-state index in [1.165, 1.54) is 6.07 Å². The number of hydrogen-bond donors (Lipinski definition) is 3. The lowest BCUT2D eigenvalue weighted by Gasteiger charge is -2.28. The van der Waals surface area contributed by atoms with E-state index in [1.807, 2.05) is 6.92 Å². The number of anilines is 2. The SMILES string of the molecule is Cc1cc(C(=O)Nc2c(CNC(=O)c3ccc(Cl)s3)cccc2C(N)=O)ccc1N1CCOCC1=O. The van der Waals surface area contributed by atoms with Crippen molar-refractivity contribution < 1.29 is 23.9 Å². The Kier molecular flexibility index (Phi) is 7.68. The molecule has 1 aromatic heterocycles. The van der Waals surface area contributed by atoms with Gasteiger partial charge >= 0.3 is 0 Å². The minimum absolute atomic E-state index is 0.0183. The molecule has 2 aromatic carbocycles. The third-order valence-electron chi connectivity index (χ3n) is 5.63. The molecule has 0 bridgehead atoms. The van der Waals surface area contributed by atoms with Crippen molar-refractivity contribution in [3.63, 3.8) is 0 Å². The number of benzene rings is 2. The largest absolute Gasteiger partial charge is 0.370 e. The second-order valence-electron chi connectivity index (χ2n) is 8.04. The van der Waals surface area contributed by atoms with E-state index < -0.39 is 11.8 Å². The number of nitrogens with one attached hydrogen (secondary N) is 2. The van der Waals surface area contributed by atoms with Gasteiger partial charge in [-0.2, -0.15) is 0 Å². The molecular weight excluding hydrogens is 504 g/mol. The molecule has 11 heteroatoms. The monoisotopic (exact) mass is 526 g/mol. The second kappa shape index (κ2) is 10.9. The number of para-hydroxylation sites is 1. The lowest BCUT2D eigenvalue weighted by molar-refractivity contribution is -0.125. The Morgan fingerprint density at radius 2 is 1.94 bits per heavy atom. The van der Waals surface area contributed by atoms with Crippen LogP contribution in [-0.4, -0.2) is 43.4 Å². The predicted octanol–water partition coefficient (Wildman–Crippen LogP) is 3.35. The maximum absolute atomic E-state index is 13.1. The van der Waals surface area contributed by atoms with E-state index in [2.05, 4.69) is 10.6 Å². The van der Waals surface area contributed by atoms with E-state index in [1.54, 1.807) is 47.4 Å². The summed E-state index contributed by atoms with van der Waals surface area (Å²) in [4.78, 5) is 51.9. The molecule has 0 saturated carbocycles. The molecule has 1 aliphatic rings.